The van der Waals surface area contributed by atoms with Gasteiger partial charge in [0.1, 0.15) is 18.1 Å². The van der Waals surface area contributed by atoms with Gasteiger partial charge in [-0.15, -0.1) is 0 Å². The summed E-state index contributed by atoms with van der Waals surface area (Å²) in [5.74, 6) is 0.705. The van der Waals surface area contributed by atoms with Crippen molar-refractivity contribution < 1.29 is 19.4 Å². The molecule has 0 bridgehead atoms. The topological polar surface area (TPSA) is 55.8 Å². The van der Waals surface area contributed by atoms with Crippen molar-refractivity contribution in [2.45, 2.75) is 45.6 Å². The Morgan fingerprint density at radius 3 is 2.73 bits per heavy atom. The lowest BCUT2D eigenvalue weighted by Crippen LogP contribution is -2.03. The smallest absolute Gasteiger partial charge is 0.303 e. The van der Waals surface area contributed by atoms with Crippen LogP contribution in [0.25, 0.3) is 0 Å². The molecule has 0 aliphatic heterocycles. The first-order valence-corrected chi connectivity index (χ1v) is 9.64. The average molecular weight is 421 g/mol. The summed E-state index contributed by atoms with van der Waals surface area (Å²) in [6.07, 6.45) is 2.22. The van der Waals surface area contributed by atoms with E-state index in [1.807, 2.05) is 49.4 Å². The van der Waals surface area contributed by atoms with Crippen LogP contribution in [-0.4, -0.2) is 17.7 Å². The zero-order chi connectivity index (χ0) is 18.9. The van der Waals surface area contributed by atoms with Gasteiger partial charge in [0.2, 0.25) is 0 Å². The molecule has 0 fully saturated rings. The van der Waals surface area contributed by atoms with E-state index in [-0.39, 0.29) is 12.3 Å². The monoisotopic (exact) mass is 420 g/mol. The minimum atomic E-state index is -0.797. The van der Waals surface area contributed by atoms with Gasteiger partial charge in [-0.05, 0) is 63.7 Å². The summed E-state index contributed by atoms with van der Waals surface area (Å²) in [5.41, 5.74) is 1.98. The van der Waals surface area contributed by atoms with Crippen molar-refractivity contribution in [3.05, 3.63) is 58.1 Å². The molecule has 5 heteroatoms. The molecule has 0 radical (unpaired) electrons. The van der Waals surface area contributed by atoms with Gasteiger partial charge in [-0.1, -0.05) is 38.5 Å². The second kappa shape index (κ2) is 10.2. The number of aliphatic carboxylic acids is 1. The summed E-state index contributed by atoms with van der Waals surface area (Å²) in [7, 11) is 0. The van der Waals surface area contributed by atoms with Crippen LogP contribution < -0.4 is 9.47 Å². The quantitative estimate of drug-likeness (QED) is 0.494. The van der Waals surface area contributed by atoms with Gasteiger partial charge in [-0.2, -0.15) is 0 Å². The summed E-state index contributed by atoms with van der Waals surface area (Å²) < 4.78 is 12.6. The summed E-state index contributed by atoms with van der Waals surface area (Å²) in [4.78, 5) is 10.9. The number of halogens is 1. The van der Waals surface area contributed by atoms with Crippen LogP contribution >= 0.6 is 15.9 Å². The van der Waals surface area contributed by atoms with Crippen LogP contribution in [0, 0.1) is 0 Å². The van der Waals surface area contributed by atoms with Crippen molar-refractivity contribution in [3.63, 3.8) is 0 Å². The average Bonchev–Trinajstić information content (AvgIpc) is 2.62. The Bertz CT molecular complexity index is 730. The summed E-state index contributed by atoms with van der Waals surface area (Å²) >= 11 is 3.51. The minimum Gasteiger partial charge on any atom is -0.492 e. The van der Waals surface area contributed by atoms with Crippen LogP contribution in [0.2, 0.25) is 0 Å². The van der Waals surface area contributed by atoms with Gasteiger partial charge in [-0.3, -0.25) is 4.79 Å². The maximum Gasteiger partial charge on any atom is 0.303 e. The zero-order valence-electron chi connectivity index (χ0n) is 15.2. The molecule has 0 aliphatic carbocycles. The third-order valence-corrected chi connectivity index (χ3v) is 4.72. The van der Waals surface area contributed by atoms with Crippen molar-refractivity contribution in [1.82, 2.24) is 0 Å². The molecular weight excluding hydrogens is 396 g/mol. The van der Waals surface area contributed by atoms with Crippen LogP contribution in [-0.2, 0) is 11.4 Å². The van der Waals surface area contributed by atoms with E-state index >= 15 is 0 Å². The second-order valence-electron chi connectivity index (χ2n) is 6.33. The van der Waals surface area contributed by atoms with Crippen molar-refractivity contribution in [1.29, 1.82) is 0 Å². The molecular formula is C21H25BrO4. The lowest BCUT2D eigenvalue weighted by Gasteiger charge is -2.13. The van der Waals surface area contributed by atoms with E-state index in [1.165, 1.54) is 0 Å². The molecule has 0 saturated carbocycles. The standard InChI is InChI=1S/C21H25BrO4/c1-3-4-10-25-20-12-16(8-9-19(20)22)14-26-18-7-5-6-17(13-18)15(2)11-21(23)24/h5-9,12-13,15H,3-4,10-11,14H2,1-2H3,(H,23,24)/t15-/m0/s1. The number of rotatable bonds is 10. The zero-order valence-corrected chi connectivity index (χ0v) is 16.8. The number of ether oxygens (including phenoxy) is 2. The maximum atomic E-state index is 10.9. The number of carboxylic acid groups (broad SMARTS) is 1. The van der Waals surface area contributed by atoms with Gasteiger partial charge in [0.15, 0.2) is 0 Å². The Kier molecular flexibility index (Phi) is 7.98. The number of benzene rings is 2. The van der Waals surface area contributed by atoms with Crippen LogP contribution in [0.1, 0.15) is 50.2 Å². The maximum absolute atomic E-state index is 10.9. The molecule has 1 N–H and O–H groups in total. The van der Waals surface area contributed by atoms with E-state index in [0.717, 1.165) is 39.9 Å². The van der Waals surface area contributed by atoms with E-state index in [4.69, 9.17) is 14.6 Å². The molecule has 0 saturated heterocycles. The van der Waals surface area contributed by atoms with Crippen LogP contribution in [0.4, 0.5) is 0 Å². The van der Waals surface area contributed by atoms with Crippen LogP contribution in [0.15, 0.2) is 46.9 Å². The molecule has 0 aromatic heterocycles. The van der Waals surface area contributed by atoms with Crippen LogP contribution in [0.3, 0.4) is 0 Å². The molecule has 0 heterocycles. The molecule has 140 valence electrons. The van der Waals surface area contributed by atoms with Gasteiger partial charge >= 0.3 is 5.97 Å². The molecule has 26 heavy (non-hydrogen) atoms. The summed E-state index contributed by atoms with van der Waals surface area (Å²) in [6, 6.07) is 13.6. The van der Waals surface area contributed by atoms with Gasteiger partial charge < -0.3 is 14.6 Å². The first-order chi connectivity index (χ1) is 12.5. The fourth-order valence-electron chi connectivity index (χ4n) is 2.53. The highest BCUT2D eigenvalue weighted by atomic mass is 79.9. The lowest BCUT2D eigenvalue weighted by atomic mass is 9.98. The summed E-state index contributed by atoms with van der Waals surface area (Å²) in [5, 5.41) is 8.95. The molecule has 0 unspecified atom stereocenters. The Hall–Kier alpha value is -2.01. The minimum absolute atomic E-state index is 0.0534. The number of carboxylic acids is 1. The van der Waals surface area contributed by atoms with Gasteiger partial charge in [0.25, 0.3) is 0 Å². The molecule has 4 nitrogen and oxygen atoms in total. The van der Waals surface area contributed by atoms with Crippen molar-refractivity contribution >= 4 is 21.9 Å². The van der Waals surface area contributed by atoms with Gasteiger partial charge in [0.05, 0.1) is 17.5 Å². The predicted molar refractivity (Wildman–Crippen MR) is 106 cm³/mol. The van der Waals surface area contributed by atoms with Crippen LogP contribution in [0.5, 0.6) is 11.5 Å². The normalized spacial score (nSPS) is 11.8. The first-order valence-electron chi connectivity index (χ1n) is 8.85. The highest BCUT2D eigenvalue weighted by molar-refractivity contribution is 9.10. The van der Waals surface area contributed by atoms with Gasteiger partial charge in [0, 0.05) is 0 Å². The Labute approximate surface area is 163 Å². The lowest BCUT2D eigenvalue weighted by molar-refractivity contribution is -0.137. The van der Waals surface area contributed by atoms with E-state index < -0.39 is 5.97 Å². The number of hydrogen-bond acceptors (Lipinski definition) is 3. The molecule has 2 rings (SSSR count). The highest BCUT2D eigenvalue weighted by Crippen LogP contribution is 2.28. The fourth-order valence-corrected chi connectivity index (χ4v) is 2.89. The number of carbonyl (C=O) groups is 1. The second-order valence-corrected chi connectivity index (χ2v) is 7.18. The van der Waals surface area contributed by atoms with E-state index in [9.17, 15) is 4.79 Å². The third-order valence-electron chi connectivity index (χ3n) is 4.06. The molecule has 1 atom stereocenters. The Balaban J connectivity index is 2.00. The summed E-state index contributed by atoms with van der Waals surface area (Å²) in [6.45, 7) is 5.16. The number of hydrogen-bond donors (Lipinski definition) is 1. The van der Waals surface area contributed by atoms with Crippen molar-refractivity contribution in [2.24, 2.45) is 0 Å². The molecule has 2 aromatic rings. The SMILES string of the molecule is CCCCOc1cc(COc2cccc([C@@H](C)CC(=O)O)c2)ccc1Br. The molecule has 2 aromatic carbocycles. The molecule has 0 spiro atoms. The predicted octanol–water partition coefficient (Wildman–Crippen LogP) is 5.79. The largest absolute Gasteiger partial charge is 0.492 e. The van der Waals surface area contributed by atoms with Gasteiger partial charge in [-0.25, -0.2) is 0 Å². The molecule has 0 aliphatic rings. The van der Waals surface area contributed by atoms with E-state index in [1.54, 1.807) is 0 Å². The first kappa shape index (κ1) is 20.3. The van der Waals surface area contributed by atoms with Crippen molar-refractivity contribution in [2.75, 3.05) is 6.61 Å². The Morgan fingerprint density at radius 2 is 2.00 bits per heavy atom. The Morgan fingerprint density at radius 1 is 1.19 bits per heavy atom. The number of unbranched alkanes of at least 4 members (excludes halogenated alkanes) is 1. The fraction of sp³-hybridized carbons (Fsp3) is 0.381. The van der Waals surface area contributed by atoms with Crippen molar-refractivity contribution in [3.8, 4) is 11.5 Å². The van der Waals surface area contributed by atoms with E-state index in [2.05, 4.69) is 22.9 Å². The molecule has 0 amide bonds. The highest BCUT2D eigenvalue weighted by Gasteiger charge is 2.11. The van der Waals surface area contributed by atoms with E-state index in [0.29, 0.717) is 13.2 Å². The third kappa shape index (κ3) is 6.37.